The van der Waals surface area contributed by atoms with Gasteiger partial charge in [0.25, 0.3) is 5.91 Å². The average molecular weight is 450 g/mol. The highest BCUT2D eigenvalue weighted by molar-refractivity contribution is 6.30. The van der Waals surface area contributed by atoms with Crippen molar-refractivity contribution in [2.75, 3.05) is 5.73 Å². The third-order valence-electron chi connectivity index (χ3n) is 5.50. The monoisotopic (exact) mass is 449 g/mol. The summed E-state index contributed by atoms with van der Waals surface area (Å²) in [5.41, 5.74) is 8.29. The van der Waals surface area contributed by atoms with Crippen molar-refractivity contribution in [3.8, 4) is 0 Å². The number of fused-ring (bicyclic) bond motifs is 1. The Kier molecular flexibility index (Phi) is 5.92. The van der Waals surface area contributed by atoms with Crippen LogP contribution in [0.3, 0.4) is 0 Å². The molecule has 4 rings (SSSR count). The third-order valence-corrected chi connectivity index (χ3v) is 5.73. The number of carbonyl (C=O) groups is 3. The number of nitrogens with zero attached hydrogens (tertiary/aromatic N) is 2. The summed E-state index contributed by atoms with van der Waals surface area (Å²) in [6, 6.07) is 14.1. The number of hydrogen-bond donors (Lipinski definition) is 2. The summed E-state index contributed by atoms with van der Waals surface area (Å²) in [7, 11) is 0. The minimum absolute atomic E-state index is 0.0166. The normalized spacial score (nSPS) is 15.9. The number of hydrogen-bond acceptors (Lipinski definition) is 5. The number of nitrogens with two attached hydrogens (primary N) is 1. The molecule has 0 fully saturated rings. The van der Waals surface area contributed by atoms with Crippen molar-refractivity contribution in [3.63, 3.8) is 0 Å². The molecule has 1 atom stereocenters. The lowest BCUT2D eigenvalue weighted by Crippen LogP contribution is -2.45. The van der Waals surface area contributed by atoms with Gasteiger partial charge in [-0.2, -0.15) is 0 Å². The minimum Gasteiger partial charge on any atom is -0.478 e. The number of aromatic carboxylic acids is 1. The molecule has 0 spiro atoms. The summed E-state index contributed by atoms with van der Waals surface area (Å²) in [6.45, 7) is 0.0915. The number of carboxylic acid groups (broad SMARTS) is 1. The van der Waals surface area contributed by atoms with Crippen LogP contribution in [0.25, 0.3) is 0 Å². The molecule has 0 saturated carbocycles. The molecule has 1 aromatic heterocycles. The zero-order valence-corrected chi connectivity index (χ0v) is 17.7. The van der Waals surface area contributed by atoms with Gasteiger partial charge in [0.05, 0.1) is 11.6 Å². The van der Waals surface area contributed by atoms with Crippen molar-refractivity contribution in [3.05, 3.63) is 93.8 Å². The van der Waals surface area contributed by atoms with E-state index in [1.54, 1.807) is 36.5 Å². The van der Waals surface area contributed by atoms with Gasteiger partial charge in [-0.3, -0.25) is 14.6 Å². The number of carbonyl (C=O) groups excluding carboxylic acids is 2. The van der Waals surface area contributed by atoms with E-state index in [9.17, 15) is 19.5 Å². The molecule has 162 valence electrons. The molecule has 2 heterocycles. The molecule has 3 N–H and O–H groups in total. The second-order valence-electron chi connectivity index (χ2n) is 7.65. The molecule has 0 aliphatic carbocycles. The fourth-order valence-corrected chi connectivity index (χ4v) is 4.11. The number of rotatable bonds is 5. The first-order chi connectivity index (χ1) is 15.3. The van der Waals surface area contributed by atoms with Crippen LogP contribution >= 0.6 is 11.6 Å². The number of benzene rings is 2. The summed E-state index contributed by atoms with van der Waals surface area (Å²) < 4.78 is 0. The van der Waals surface area contributed by atoms with E-state index in [-0.39, 0.29) is 42.3 Å². The Labute approximate surface area is 189 Å². The molecule has 1 amide bonds. The number of halogens is 1. The summed E-state index contributed by atoms with van der Waals surface area (Å²) in [4.78, 5) is 43.9. The number of carboxylic acids is 1. The molecular formula is C24H20ClN3O4. The lowest BCUT2D eigenvalue weighted by Gasteiger charge is -2.29. The standard InChI is InChI=1S/C24H20ClN3O4/c25-16-5-7-18-15(10-16)11-22(29)21(12-17-3-1-2-8-27-17)28(23(18)30)13-14-4-6-19(24(31)32)20(26)9-14/h1-10,21H,11-13,26H2,(H,31,32)/t21-/m1/s1. The van der Waals surface area contributed by atoms with Crippen molar-refractivity contribution in [1.82, 2.24) is 9.88 Å². The maximum atomic E-state index is 13.5. The minimum atomic E-state index is -1.13. The van der Waals surface area contributed by atoms with E-state index >= 15 is 0 Å². The highest BCUT2D eigenvalue weighted by Crippen LogP contribution is 2.27. The van der Waals surface area contributed by atoms with Crippen molar-refractivity contribution in [2.45, 2.75) is 25.4 Å². The van der Waals surface area contributed by atoms with E-state index in [0.717, 1.165) is 0 Å². The Morgan fingerprint density at radius 3 is 2.66 bits per heavy atom. The lowest BCUT2D eigenvalue weighted by molar-refractivity contribution is -0.122. The van der Waals surface area contributed by atoms with Crippen LogP contribution in [0.5, 0.6) is 0 Å². The fraction of sp³-hybridized carbons (Fsp3) is 0.167. The summed E-state index contributed by atoms with van der Waals surface area (Å²) in [5, 5.41) is 9.68. The van der Waals surface area contributed by atoms with Gasteiger partial charge in [0.2, 0.25) is 0 Å². The van der Waals surface area contributed by atoms with Gasteiger partial charge in [-0.15, -0.1) is 0 Å². The quantitative estimate of drug-likeness (QED) is 0.577. The van der Waals surface area contributed by atoms with E-state index in [4.69, 9.17) is 17.3 Å². The molecule has 32 heavy (non-hydrogen) atoms. The second-order valence-corrected chi connectivity index (χ2v) is 8.08. The smallest absolute Gasteiger partial charge is 0.337 e. The molecule has 2 aromatic carbocycles. The van der Waals surface area contributed by atoms with E-state index in [2.05, 4.69) is 4.98 Å². The second kappa shape index (κ2) is 8.80. The molecule has 0 radical (unpaired) electrons. The number of anilines is 1. The Hall–Kier alpha value is -3.71. The van der Waals surface area contributed by atoms with E-state index in [1.807, 2.05) is 12.1 Å². The molecule has 1 aliphatic rings. The van der Waals surface area contributed by atoms with Crippen LogP contribution in [-0.2, 0) is 24.2 Å². The molecule has 0 unspecified atom stereocenters. The first-order valence-corrected chi connectivity index (χ1v) is 10.3. The number of nitrogen functional groups attached to an aromatic ring is 1. The molecule has 1 aliphatic heterocycles. The van der Waals surface area contributed by atoms with Crippen molar-refractivity contribution < 1.29 is 19.5 Å². The number of pyridine rings is 1. The summed E-state index contributed by atoms with van der Waals surface area (Å²) >= 11 is 6.11. The number of ketones is 1. The number of amides is 1. The van der Waals surface area contributed by atoms with E-state index in [0.29, 0.717) is 27.4 Å². The van der Waals surface area contributed by atoms with Crippen LogP contribution in [0.1, 0.15) is 37.5 Å². The van der Waals surface area contributed by atoms with Crippen LogP contribution in [-0.4, -0.2) is 38.7 Å². The van der Waals surface area contributed by atoms with Gasteiger partial charge in [-0.05, 0) is 53.6 Å². The molecule has 3 aromatic rings. The van der Waals surface area contributed by atoms with Crippen LogP contribution in [0.2, 0.25) is 5.02 Å². The summed E-state index contributed by atoms with van der Waals surface area (Å²) in [5.74, 6) is -1.56. The SMILES string of the molecule is Nc1cc(CN2C(=O)c3ccc(Cl)cc3CC(=O)[C@H]2Cc2ccccn2)ccc1C(=O)O. The van der Waals surface area contributed by atoms with Gasteiger partial charge in [0.15, 0.2) is 5.78 Å². The van der Waals surface area contributed by atoms with Crippen LogP contribution < -0.4 is 5.73 Å². The Bertz CT molecular complexity index is 1210. The number of aromatic nitrogens is 1. The van der Waals surface area contributed by atoms with E-state index < -0.39 is 12.0 Å². The predicted molar refractivity (Wildman–Crippen MR) is 120 cm³/mol. The largest absolute Gasteiger partial charge is 0.478 e. The van der Waals surface area contributed by atoms with Crippen molar-refractivity contribution in [2.24, 2.45) is 0 Å². The Morgan fingerprint density at radius 2 is 1.97 bits per heavy atom. The molecule has 0 bridgehead atoms. The van der Waals surface area contributed by atoms with Gasteiger partial charge < -0.3 is 15.7 Å². The highest BCUT2D eigenvalue weighted by atomic mass is 35.5. The van der Waals surface area contributed by atoms with Crippen molar-refractivity contribution >= 4 is 34.9 Å². The van der Waals surface area contributed by atoms with Crippen LogP contribution in [0.4, 0.5) is 5.69 Å². The molecule has 7 nitrogen and oxygen atoms in total. The van der Waals surface area contributed by atoms with Gasteiger partial charge in [0, 0.05) is 47.6 Å². The van der Waals surface area contributed by atoms with Crippen molar-refractivity contribution in [1.29, 1.82) is 0 Å². The predicted octanol–water partition coefficient (Wildman–Crippen LogP) is 3.39. The van der Waals surface area contributed by atoms with Gasteiger partial charge in [0.1, 0.15) is 0 Å². The molecule has 0 saturated heterocycles. The summed E-state index contributed by atoms with van der Waals surface area (Å²) in [6.07, 6.45) is 1.98. The van der Waals surface area contributed by atoms with Gasteiger partial charge in [-0.1, -0.05) is 23.7 Å². The maximum absolute atomic E-state index is 13.5. The average Bonchev–Trinajstić information content (AvgIpc) is 2.84. The highest BCUT2D eigenvalue weighted by Gasteiger charge is 2.35. The zero-order valence-electron chi connectivity index (χ0n) is 17.0. The molecule has 8 heteroatoms. The van der Waals surface area contributed by atoms with Crippen LogP contribution in [0.15, 0.2) is 60.8 Å². The van der Waals surface area contributed by atoms with Gasteiger partial charge in [-0.25, -0.2) is 4.79 Å². The first kappa shape index (κ1) is 21.5. The van der Waals surface area contributed by atoms with Crippen LogP contribution in [0, 0.1) is 0 Å². The third kappa shape index (κ3) is 4.33. The fourth-order valence-electron chi connectivity index (χ4n) is 3.92. The van der Waals surface area contributed by atoms with Gasteiger partial charge >= 0.3 is 5.97 Å². The van der Waals surface area contributed by atoms with E-state index in [1.165, 1.54) is 17.0 Å². The topological polar surface area (TPSA) is 114 Å². The lowest BCUT2D eigenvalue weighted by atomic mass is 9.99. The molecular weight excluding hydrogens is 430 g/mol. The Morgan fingerprint density at radius 1 is 1.16 bits per heavy atom. The first-order valence-electron chi connectivity index (χ1n) is 9.97. The number of Topliss-reactive ketones (excluding diaryl/α,β-unsaturated/α-hetero) is 1. The Balaban J connectivity index is 1.75. The zero-order chi connectivity index (χ0) is 22.8. The maximum Gasteiger partial charge on any atom is 0.337 e.